The van der Waals surface area contributed by atoms with Crippen LogP contribution in [0, 0.1) is 0 Å². The Kier molecular flexibility index (Phi) is 3.93. The Labute approximate surface area is 193 Å². The van der Waals surface area contributed by atoms with Crippen molar-refractivity contribution in [1.29, 1.82) is 0 Å². The number of nitrogens with zero attached hydrogens (tertiary/aromatic N) is 3. The second-order valence-electron chi connectivity index (χ2n) is 8.27. The summed E-state index contributed by atoms with van der Waals surface area (Å²) in [4.78, 5) is 22.1. The van der Waals surface area contributed by atoms with E-state index in [-0.39, 0.29) is 0 Å². The van der Waals surface area contributed by atoms with Crippen LogP contribution in [0.15, 0.2) is 112 Å². The molecule has 5 heteroatoms. The van der Waals surface area contributed by atoms with Gasteiger partial charge in [-0.1, -0.05) is 66.7 Å². The molecule has 7 rings (SSSR count). The minimum atomic E-state index is -0.441. The molecule has 0 radical (unpaired) electrons. The average molecular weight is 439 g/mol. The van der Waals surface area contributed by atoms with E-state index in [0.29, 0.717) is 22.3 Å². The molecule has 0 unspecified atom stereocenters. The summed E-state index contributed by atoms with van der Waals surface area (Å²) in [6.07, 6.45) is 1.56. The van der Waals surface area contributed by atoms with E-state index in [1.165, 1.54) is 0 Å². The van der Waals surface area contributed by atoms with Gasteiger partial charge in [0.25, 0.3) is 0 Å². The van der Waals surface area contributed by atoms with Crippen molar-refractivity contribution in [3.05, 3.63) is 114 Å². The monoisotopic (exact) mass is 439 g/mol. The normalized spacial score (nSPS) is 11.6. The maximum atomic E-state index is 12.9. The molecule has 0 fully saturated rings. The lowest BCUT2D eigenvalue weighted by Crippen LogP contribution is -2.03. The van der Waals surface area contributed by atoms with E-state index in [4.69, 9.17) is 9.40 Å². The van der Waals surface area contributed by atoms with Crippen LogP contribution in [0.2, 0.25) is 0 Å². The summed E-state index contributed by atoms with van der Waals surface area (Å²) in [5.41, 5.74) is 4.66. The highest BCUT2D eigenvalue weighted by Crippen LogP contribution is 2.36. The highest BCUT2D eigenvalue weighted by molar-refractivity contribution is 6.16. The molecular weight excluding hydrogens is 422 g/mol. The molecule has 0 saturated heterocycles. The van der Waals surface area contributed by atoms with Crippen molar-refractivity contribution in [2.45, 2.75) is 0 Å². The number of hydrogen-bond donors (Lipinski definition) is 0. The largest absolute Gasteiger partial charge is 0.422 e. The van der Waals surface area contributed by atoms with Crippen molar-refractivity contribution in [1.82, 2.24) is 14.5 Å². The molecular formula is C29H17N3O2. The van der Waals surface area contributed by atoms with Gasteiger partial charge >= 0.3 is 5.63 Å². The molecule has 34 heavy (non-hydrogen) atoms. The number of hydrogen-bond acceptors (Lipinski definition) is 4. The molecule has 160 valence electrons. The molecule has 0 aliphatic carbocycles. The van der Waals surface area contributed by atoms with Gasteiger partial charge in [0.2, 0.25) is 0 Å². The van der Waals surface area contributed by atoms with E-state index in [2.05, 4.69) is 39.9 Å². The van der Waals surface area contributed by atoms with E-state index >= 15 is 0 Å². The van der Waals surface area contributed by atoms with Crippen LogP contribution < -0.4 is 5.63 Å². The quantitative estimate of drug-likeness (QED) is 0.228. The van der Waals surface area contributed by atoms with E-state index in [1.54, 1.807) is 6.20 Å². The fraction of sp³-hybridized carbons (Fsp3) is 0. The summed E-state index contributed by atoms with van der Waals surface area (Å²) in [6, 6.07) is 32.3. The van der Waals surface area contributed by atoms with Gasteiger partial charge in [0.15, 0.2) is 5.82 Å². The van der Waals surface area contributed by atoms with Gasteiger partial charge in [-0.2, -0.15) is 0 Å². The summed E-state index contributed by atoms with van der Waals surface area (Å²) >= 11 is 0. The first-order valence-electron chi connectivity index (χ1n) is 11.1. The van der Waals surface area contributed by atoms with Crippen LogP contribution >= 0.6 is 0 Å². The maximum Gasteiger partial charge on any atom is 0.347 e. The zero-order chi connectivity index (χ0) is 22.6. The summed E-state index contributed by atoms with van der Waals surface area (Å²) in [5.74, 6) is 0.576. The smallest absolute Gasteiger partial charge is 0.347 e. The van der Waals surface area contributed by atoms with Gasteiger partial charge in [0.1, 0.15) is 11.0 Å². The molecule has 0 N–H and O–H groups in total. The van der Waals surface area contributed by atoms with Crippen LogP contribution in [0.5, 0.6) is 0 Å². The van der Waals surface area contributed by atoms with Crippen LogP contribution in [-0.2, 0) is 0 Å². The molecule has 0 aliphatic rings. The topological polar surface area (TPSA) is 60.9 Å². The third-order valence-electron chi connectivity index (χ3n) is 6.29. The Balaban J connectivity index is 1.62. The average Bonchev–Trinajstić information content (AvgIpc) is 3.22. The summed E-state index contributed by atoms with van der Waals surface area (Å²) in [5, 5.41) is 3.36. The number of para-hydroxylation sites is 2. The van der Waals surface area contributed by atoms with Crippen LogP contribution in [0.4, 0.5) is 0 Å². The number of aromatic nitrogens is 3. The van der Waals surface area contributed by atoms with Gasteiger partial charge in [0, 0.05) is 39.7 Å². The van der Waals surface area contributed by atoms with E-state index in [0.717, 1.165) is 38.4 Å². The molecule has 0 aliphatic heterocycles. The highest BCUT2D eigenvalue weighted by atomic mass is 16.4. The summed E-state index contributed by atoms with van der Waals surface area (Å²) < 4.78 is 7.96. The zero-order valence-corrected chi connectivity index (χ0v) is 18.0. The first kappa shape index (κ1) is 18.8. The Morgan fingerprint density at radius 3 is 2.24 bits per heavy atom. The van der Waals surface area contributed by atoms with Crippen molar-refractivity contribution in [3.63, 3.8) is 0 Å². The predicted octanol–water partition coefficient (Wildman–Crippen LogP) is 6.50. The minimum absolute atomic E-state index is 0.373. The minimum Gasteiger partial charge on any atom is -0.422 e. The third kappa shape index (κ3) is 2.70. The molecule has 0 amide bonds. The Hall–Kier alpha value is -4.77. The molecule has 3 heterocycles. The summed E-state index contributed by atoms with van der Waals surface area (Å²) in [6.45, 7) is 0. The Bertz CT molecular complexity index is 1920. The standard InChI is InChI=1S/C29H17N3O2/c33-29-23-17-30-28(18-9-3-1-4-10-18)31-27(23)22-15-21-20-13-7-8-14-24(20)32(19-11-5-2-6-12-19)25(21)16-26(22)34-29/h1-17H. The number of fused-ring (bicyclic) bond motifs is 6. The molecule has 4 aromatic carbocycles. The van der Waals surface area contributed by atoms with Crippen molar-refractivity contribution >= 4 is 43.7 Å². The summed E-state index contributed by atoms with van der Waals surface area (Å²) in [7, 11) is 0. The zero-order valence-electron chi connectivity index (χ0n) is 18.0. The van der Waals surface area contributed by atoms with Crippen LogP contribution in [0.1, 0.15) is 0 Å². The highest BCUT2D eigenvalue weighted by Gasteiger charge is 2.17. The van der Waals surface area contributed by atoms with Crippen LogP contribution in [0.3, 0.4) is 0 Å². The fourth-order valence-corrected chi connectivity index (χ4v) is 4.74. The third-order valence-corrected chi connectivity index (χ3v) is 6.29. The lowest BCUT2D eigenvalue weighted by atomic mass is 10.1. The SMILES string of the molecule is O=c1oc2cc3c(cc2c2nc(-c4ccccc4)ncc12)c1ccccc1n3-c1ccccc1. The molecule has 3 aromatic heterocycles. The molecule has 0 spiro atoms. The lowest BCUT2D eigenvalue weighted by Gasteiger charge is -2.08. The lowest BCUT2D eigenvalue weighted by molar-refractivity contribution is 0.569. The first-order valence-corrected chi connectivity index (χ1v) is 11.1. The van der Waals surface area contributed by atoms with Crippen molar-refractivity contribution < 1.29 is 4.42 Å². The first-order chi connectivity index (χ1) is 16.8. The molecule has 0 bridgehead atoms. The van der Waals surface area contributed by atoms with Crippen molar-refractivity contribution in [3.8, 4) is 17.1 Å². The second-order valence-corrected chi connectivity index (χ2v) is 8.27. The molecule has 0 atom stereocenters. The van der Waals surface area contributed by atoms with Crippen molar-refractivity contribution in [2.75, 3.05) is 0 Å². The van der Waals surface area contributed by atoms with E-state index in [9.17, 15) is 4.79 Å². The van der Waals surface area contributed by atoms with Crippen molar-refractivity contribution in [2.24, 2.45) is 0 Å². The number of rotatable bonds is 2. The van der Waals surface area contributed by atoms with Gasteiger partial charge in [-0.25, -0.2) is 14.8 Å². The Morgan fingerprint density at radius 2 is 1.41 bits per heavy atom. The predicted molar refractivity (Wildman–Crippen MR) is 135 cm³/mol. The van der Waals surface area contributed by atoms with E-state index < -0.39 is 5.63 Å². The van der Waals surface area contributed by atoms with E-state index in [1.807, 2.05) is 66.7 Å². The second kappa shape index (κ2) is 7.12. The van der Waals surface area contributed by atoms with Gasteiger partial charge in [-0.3, -0.25) is 0 Å². The molecule has 5 nitrogen and oxygen atoms in total. The Morgan fingerprint density at radius 1 is 0.676 bits per heavy atom. The maximum absolute atomic E-state index is 12.9. The van der Waals surface area contributed by atoms with Gasteiger partial charge in [-0.15, -0.1) is 0 Å². The van der Waals surface area contributed by atoms with Gasteiger partial charge in [-0.05, 0) is 24.3 Å². The fourth-order valence-electron chi connectivity index (χ4n) is 4.74. The number of benzene rings is 4. The van der Waals surface area contributed by atoms with Gasteiger partial charge in [0.05, 0.1) is 16.6 Å². The van der Waals surface area contributed by atoms with Gasteiger partial charge < -0.3 is 8.98 Å². The van der Waals surface area contributed by atoms with Crippen LogP contribution in [-0.4, -0.2) is 14.5 Å². The molecule has 7 aromatic rings. The molecule has 0 saturated carbocycles. The van der Waals surface area contributed by atoms with Crippen LogP contribution in [0.25, 0.3) is 60.8 Å².